The van der Waals surface area contributed by atoms with Crippen LogP contribution in [0.4, 0.5) is 5.69 Å². The van der Waals surface area contributed by atoms with Crippen LogP contribution in [0, 0.1) is 5.92 Å². The third-order valence-corrected chi connectivity index (χ3v) is 6.75. The van der Waals surface area contributed by atoms with Crippen molar-refractivity contribution in [2.24, 2.45) is 5.92 Å². The van der Waals surface area contributed by atoms with Gasteiger partial charge in [-0.05, 0) is 55.2 Å². The van der Waals surface area contributed by atoms with E-state index in [1.165, 1.54) is 32.1 Å². The molecule has 7 nitrogen and oxygen atoms in total. The molecule has 0 bridgehead atoms. The first-order valence-corrected chi connectivity index (χ1v) is 11.7. The summed E-state index contributed by atoms with van der Waals surface area (Å²) in [7, 11) is 0. The Bertz CT molecular complexity index is 1510. The minimum Gasteiger partial charge on any atom is -0.379 e. The normalized spacial score (nSPS) is 14.9. The van der Waals surface area contributed by atoms with Crippen molar-refractivity contribution in [1.82, 2.24) is 24.5 Å². The summed E-state index contributed by atoms with van der Waals surface area (Å²) in [5.74, 6) is 0.540. The number of rotatable bonds is 5. The van der Waals surface area contributed by atoms with E-state index in [4.69, 9.17) is 4.98 Å². The number of fused-ring (bicyclic) bond motifs is 4. The van der Waals surface area contributed by atoms with E-state index >= 15 is 0 Å². The summed E-state index contributed by atoms with van der Waals surface area (Å²) in [5, 5.41) is 5.51. The fourth-order valence-corrected chi connectivity index (χ4v) is 5.01. The lowest BCUT2D eigenvalue weighted by Gasteiger charge is -2.21. The third kappa shape index (κ3) is 3.84. The summed E-state index contributed by atoms with van der Waals surface area (Å²) in [6.07, 6.45) is 9.76. The molecule has 1 aliphatic rings. The Morgan fingerprint density at radius 2 is 1.94 bits per heavy atom. The van der Waals surface area contributed by atoms with E-state index in [1.807, 2.05) is 34.9 Å². The molecule has 7 heteroatoms. The van der Waals surface area contributed by atoms with Crippen LogP contribution in [0.1, 0.15) is 37.8 Å². The molecule has 33 heavy (non-hydrogen) atoms. The number of hydrogen-bond donors (Lipinski definition) is 2. The maximum atomic E-state index is 12.8. The maximum absolute atomic E-state index is 12.8. The van der Waals surface area contributed by atoms with Gasteiger partial charge < -0.3 is 5.32 Å². The van der Waals surface area contributed by atoms with Crippen LogP contribution in [-0.4, -0.2) is 24.5 Å². The van der Waals surface area contributed by atoms with Gasteiger partial charge in [0.05, 0.1) is 23.3 Å². The van der Waals surface area contributed by atoms with Gasteiger partial charge in [0.1, 0.15) is 5.52 Å². The number of imidazole rings is 1. The van der Waals surface area contributed by atoms with Crippen molar-refractivity contribution >= 4 is 38.7 Å². The molecule has 0 spiro atoms. The molecule has 6 rings (SSSR count). The molecule has 0 saturated heterocycles. The Hall–Kier alpha value is -3.74. The Morgan fingerprint density at radius 1 is 1.03 bits per heavy atom. The minimum atomic E-state index is -0.0920. The number of pyridine rings is 3. The highest BCUT2D eigenvalue weighted by Gasteiger charge is 2.19. The lowest BCUT2D eigenvalue weighted by atomic mass is 9.89. The van der Waals surface area contributed by atoms with E-state index in [2.05, 4.69) is 32.4 Å². The summed E-state index contributed by atoms with van der Waals surface area (Å²) in [6, 6.07) is 14.2. The number of nitrogens with one attached hydrogen (secondary N) is 2. The topological polar surface area (TPSA) is 88.5 Å². The Balaban J connectivity index is 1.33. The molecular weight excluding hydrogens is 412 g/mol. The van der Waals surface area contributed by atoms with Gasteiger partial charge in [0.15, 0.2) is 5.65 Å². The van der Waals surface area contributed by atoms with E-state index in [-0.39, 0.29) is 5.69 Å². The molecule has 1 aliphatic carbocycles. The van der Waals surface area contributed by atoms with Crippen LogP contribution in [0.3, 0.4) is 0 Å². The summed E-state index contributed by atoms with van der Waals surface area (Å²) >= 11 is 0. The summed E-state index contributed by atoms with van der Waals surface area (Å²) in [5.41, 5.74) is 5.09. The van der Waals surface area contributed by atoms with Gasteiger partial charge in [0.25, 0.3) is 0 Å². The van der Waals surface area contributed by atoms with E-state index in [1.54, 1.807) is 12.4 Å². The van der Waals surface area contributed by atoms with Crippen molar-refractivity contribution in [2.75, 3.05) is 5.32 Å². The zero-order valence-corrected chi connectivity index (χ0v) is 18.4. The molecular formula is C26H26N6O. The van der Waals surface area contributed by atoms with Crippen molar-refractivity contribution in [1.29, 1.82) is 0 Å². The largest absolute Gasteiger partial charge is 0.379 e. The first-order chi connectivity index (χ1) is 16.2. The molecule has 5 aromatic rings. The van der Waals surface area contributed by atoms with Crippen molar-refractivity contribution in [3.63, 3.8) is 0 Å². The highest BCUT2D eigenvalue weighted by molar-refractivity contribution is 5.99. The quantitative estimate of drug-likeness (QED) is 0.403. The zero-order valence-electron chi connectivity index (χ0n) is 18.4. The number of aromatic amines is 1. The Kier molecular flexibility index (Phi) is 5.02. The van der Waals surface area contributed by atoms with Crippen LogP contribution in [0.2, 0.25) is 0 Å². The van der Waals surface area contributed by atoms with Crippen molar-refractivity contribution < 1.29 is 0 Å². The second-order valence-electron chi connectivity index (χ2n) is 9.01. The summed E-state index contributed by atoms with van der Waals surface area (Å²) < 4.78 is 1.86. The molecule has 166 valence electrons. The van der Waals surface area contributed by atoms with E-state index in [0.717, 1.165) is 45.2 Å². The molecule has 0 amide bonds. The van der Waals surface area contributed by atoms with Crippen molar-refractivity contribution in [2.45, 2.75) is 45.2 Å². The molecule has 4 aromatic heterocycles. The predicted molar refractivity (Wildman–Crippen MR) is 131 cm³/mol. The first-order valence-electron chi connectivity index (χ1n) is 11.7. The number of aromatic nitrogens is 5. The molecule has 4 heterocycles. The van der Waals surface area contributed by atoms with Gasteiger partial charge in [-0.3, -0.25) is 14.5 Å². The van der Waals surface area contributed by atoms with Gasteiger partial charge in [-0.1, -0.05) is 25.3 Å². The Morgan fingerprint density at radius 3 is 2.85 bits per heavy atom. The lowest BCUT2D eigenvalue weighted by Crippen LogP contribution is -2.23. The predicted octanol–water partition coefficient (Wildman–Crippen LogP) is 5.01. The highest BCUT2D eigenvalue weighted by atomic mass is 16.1. The van der Waals surface area contributed by atoms with Crippen LogP contribution in [0.5, 0.6) is 0 Å². The smallest absolute Gasteiger partial charge is 0.327 e. The fraction of sp³-hybridized carbons (Fsp3) is 0.308. The van der Waals surface area contributed by atoms with Crippen molar-refractivity contribution in [3.8, 4) is 0 Å². The average molecular weight is 439 g/mol. The van der Waals surface area contributed by atoms with E-state index in [0.29, 0.717) is 18.1 Å². The number of benzene rings is 1. The number of nitrogens with zero attached hydrogens (tertiary/aromatic N) is 4. The average Bonchev–Trinajstić information content (AvgIpc) is 3.18. The van der Waals surface area contributed by atoms with Gasteiger partial charge in [-0.2, -0.15) is 0 Å². The van der Waals surface area contributed by atoms with Crippen molar-refractivity contribution in [3.05, 3.63) is 71.0 Å². The van der Waals surface area contributed by atoms with Gasteiger partial charge >= 0.3 is 5.69 Å². The van der Waals surface area contributed by atoms with Gasteiger partial charge in [0, 0.05) is 35.4 Å². The molecule has 0 atom stereocenters. The van der Waals surface area contributed by atoms with Crippen LogP contribution < -0.4 is 11.0 Å². The maximum Gasteiger partial charge on any atom is 0.327 e. The van der Waals surface area contributed by atoms with Gasteiger partial charge in [0.2, 0.25) is 0 Å². The zero-order chi connectivity index (χ0) is 22.2. The number of anilines is 1. The van der Waals surface area contributed by atoms with Crippen LogP contribution in [0.25, 0.3) is 33.0 Å². The van der Waals surface area contributed by atoms with E-state index in [9.17, 15) is 4.79 Å². The van der Waals surface area contributed by atoms with E-state index < -0.39 is 0 Å². The monoisotopic (exact) mass is 438 g/mol. The fourth-order valence-electron chi connectivity index (χ4n) is 5.01. The molecule has 0 unspecified atom stereocenters. The van der Waals surface area contributed by atoms with Crippen LogP contribution >= 0.6 is 0 Å². The SMILES string of the molecule is O=c1[nH]c2ncc3ccc(CNc4ccc5ncccc5c4)nc3c2n1CC1CCCCC1. The number of hydrogen-bond acceptors (Lipinski definition) is 5. The van der Waals surface area contributed by atoms with Gasteiger partial charge in [-0.15, -0.1) is 0 Å². The lowest BCUT2D eigenvalue weighted by molar-refractivity contribution is 0.319. The second kappa shape index (κ2) is 8.31. The molecule has 0 radical (unpaired) electrons. The minimum absolute atomic E-state index is 0.0920. The summed E-state index contributed by atoms with van der Waals surface area (Å²) in [4.78, 5) is 29.5. The first kappa shape index (κ1) is 19.9. The number of H-pyrrole nitrogens is 1. The molecule has 1 fully saturated rings. The summed E-state index contributed by atoms with van der Waals surface area (Å²) in [6.45, 7) is 1.32. The van der Waals surface area contributed by atoms with Gasteiger partial charge in [-0.25, -0.2) is 14.8 Å². The molecule has 1 aromatic carbocycles. The molecule has 1 saturated carbocycles. The van der Waals surface area contributed by atoms with Crippen LogP contribution in [-0.2, 0) is 13.1 Å². The third-order valence-electron chi connectivity index (χ3n) is 6.75. The van der Waals surface area contributed by atoms with Crippen LogP contribution in [0.15, 0.2) is 59.7 Å². The highest BCUT2D eigenvalue weighted by Crippen LogP contribution is 2.27. The molecule has 2 N–H and O–H groups in total. The second-order valence-corrected chi connectivity index (χ2v) is 9.01. The standard InChI is InChI=1S/C26H26N6O/c33-26-31-25-24(32(26)16-17-5-2-1-3-6-17)23-19(14-29-25)8-9-21(30-23)15-28-20-10-11-22-18(13-20)7-4-12-27-22/h4,7-14,17,28H,1-3,5-6,15-16H2,(H,29,31,33). The molecule has 0 aliphatic heterocycles. The Labute approximate surface area is 190 Å².